The second-order valence-corrected chi connectivity index (χ2v) is 3.04. The summed E-state index contributed by atoms with van der Waals surface area (Å²) < 4.78 is 0. The minimum absolute atomic E-state index is 0.219. The summed E-state index contributed by atoms with van der Waals surface area (Å²) in [6.45, 7) is 7.26. The van der Waals surface area contributed by atoms with E-state index in [0.717, 1.165) is 25.9 Å². The molecule has 0 aromatic carbocycles. The minimum Gasteiger partial charge on any atom is -0.392 e. The van der Waals surface area contributed by atoms with E-state index in [2.05, 4.69) is 11.5 Å². The number of nitrogens with zero attached hydrogens (tertiary/aromatic N) is 1. The van der Waals surface area contributed by atoms with Crippen LogP contribution >= 0.6 is 0 Å². The highest BCUT2D eigenvalue weighted by Crippen LogP contribution is 1.94. The fraction of sp³-hybridized carbons (Fsp3) is 0.778. The lowest BCUT2D eigenvalue weighted by atomic mass is 10.3. The van der Waals surface area contributed by atoms with Crippen molar-refractivity contribution in [2.24, 2.45) is 0 Å². The van der Waals surface area contributed by atoms with Crippen molar-refractivity contribution in [3.63, 3.8) is 0 Å². The van der Waals surface area contributed by atoms with Gasteiger partial charge in [0.15, 0.2) is 0 Å². The summed E-state index contributed by atoms with van der Waals surface area (Å²) in [5, 5.41) is 9.02. The molecular weight excluding hydrogens is 138 g/mol. The molecule has 0 aliphatic heterocycles. The topological polar surface area (TPSA) is 23.5 Å². The van der Waals surface area contributed by atoms with E-state index in [1.165, 1.54) is 0 Å². The van der Waals surface area contributed by atoms with Crippen LogP contribution in [0.15, 0.2) is 12.7 Å². The third-order valence-corrected chi connectivity index (χ3v) is 1.52. The van der Waals surface area contributed by atoms with Crippen LogP contribution in [0.4, 0.5) is 0 Å². The second-order valence-electron chi connectivity index (χ2n) is 3.04. The Balaban J connectivity index is 3.21. The zero-order valence-electron chi connectivity index (χ0n) is 7.58. The van der Waals surface area contributed by atoms with Gasteiger partial charge in [0.2, 0.25) is 0 Å². The first kappa shape index (κ1) is 10.7. The molecule has 0 radical (unpaired) electrons. The molecule has 0 amide bonds. The lowest BCUT2D eigenvalue weighted by Crippen LogP contribution is -2.27. The Hall–Kier alpha value is -0.340. The molecule has 0 fully saturated rings. The maximum Gasteiger partial charge on any atom is 0.0638 e. The van der Waals surface area contributed by atoms with E-state index in [-0.39, 0.29) is 6.10 Å². The average molecular weight is 157 g/mol. The van der Waals surface area contributed by atoms with E-state index in [4.69, 9.17) is 5.11 Å². The number of allylic oxidation sites excluding steroid dienone is 1. The van der Waals surface area contributed by atoms with Gasteiger partial charge in [0.1, 0.15) is 0 Å². The van der Waals surface area contributed by atoms with Gasteiger partial charge in [-0.05, 0) is 33.4 Å². The summed E-state index contributed by atoms with van der Waals surface area (Å²) in [7, 11) is 2.02. The first-order valence-electron chi connectivity index (χ1n) is 4.14. The highest BCUT2D eigenvalue weighted by atomic mass is 16.3. The molecule has 2 nitrogen and oxygen atoms in total. The first-order chi connectivity index (χ1) is 5.16. The number of rotatable bonds is 6. The summed E-state index contributed by atoms with van der Waals surface area (Å²) >= 11 is 0. The molecule has 0 aliphatic carbocycles. The standard InChI is InChI=1S/C9H19NO/c1-4-5-6-7-10(3)8-9(2)11/h4,9,11H,1,5-8H2,2-3H3. The van der Waals surface area contributed by atoms with Crippen LogP contribution in [-0.2, 0) is 0 Å². The molecule has 0 saturated heterocycles. The van der Waals surface area contributed by atoms with Crippen molar-refractivity contribution < 1.29 is 5.11 Å². The Morgan fingerprint density at radius 1 is 1.64 bits per heavy atom. The predicted octanol–water partition coefficient (Wildman–Crippen LogP) is 1.27. The van der Waals surface area contributed by atoms with Crippen molar-refractivity contribution >= 4 is 0 Å². The molecule has 0 aromatic rings. The molecule has 1 atom stereocenters. The third kappa shape index (κ3) is 7.56. The number of likely N-dealkylation sites (N-methyl/N-ethyl adjacent to an activating group) is 1. The number of hydrogen-bond acceptors (Lipinski definition) is 2. The summed E-state index contributed by atoms with van der Waals surface area (Å²) in [6, 6.07) is 0. The van der Waals surface area contributed by atoms with Crippen molar-refractivity contribution in [3.05, 3.63) is 12.7 Å². The largest absolute Gasteiger partial charge is 0.392 e. The molecule has 0 bridgehead atoms. The zero-order valence-corrected chi connectivity index (χ0v) is 7.58. The van der Waals surface area contributed by atoms with Gasteiger partial charge in [0.05, 0.1) is 6.10 Å². The van der Waals surface area contributed by atoms with Crippen LogP contribution in [-0.4, -0.2) is 36.2 Å². The molecule has 1 unspecified atom stereocenters. The summed E-state index contributed by atoms with van der Waals surface area (Å²) in [5.74, 6) is 0. The SMILES string of the molecule is C=CCCCN(C)CC(C)O. The Morgan fingerprint density at radius 2 is 2.27 bits per heavy atom. The fourth-order valence-electron chi connectivity index (χ4n) is 1.05. The van der Waals surface area contributed by atoms with Gasteiger partial charge in [-0.3, -0.25) is 0 Å². The van der Waals surface area contributed by atoms with Gasteiger partial charge in [0, 0.05) is 6.54 Å². The zero-order chi connectivity index (χ0) is 8.69. The Labute approximate surface area is 69.5 Å². The number of aliphatic hydroxyl groups is 1. The molecule has 66 valence electrons. The van der Waals surface area contributed by atoms with Crippen LogP contribution in [0.5, 0.6) is 0 Å². The molecule has 0 aromatic heterocycles. The monoisotopic (exact) mass is 157 g/mol. The molecular formula is C9H19NO. The van der Waals surface area contributed by atoms with Gasteiger partial charge in [-0.2, -0.15) is 0 Å². The smallest absolute Gasteiger partial charge is 0.0638 e. The Kier molecular flexibility index (Phi) is 6.18. The van der Waals surface area contributed by atoms with Crippen LogP contribution in [0.3, 0.4) is 0 Å². The van der Waals surface area contributed by atoms with Crippen molar-refractivity contribution in [3.8, 4) is 0 Å². The van der Waals surface area contributed by atoms with E-state index in [1.807, 2.05) is 20.0 Å². The molecule has 0 aliphatic rings. The van der Waals surface area contributed by atoms with Crippen molar-refractivity contribution in [1.29, 1.82) is 0 Å². The van der Waals surface area contributed by atoms with Crippen molar-refractivity contribution in [1.82, 2.24) is 4.90 Å². The Bertz CT molecular complexity index is 102. The molecule has 0 rings (SSSR count). The first-order valence-corrected chi connectivity index (χ1v) is 4.14. The summed E-state index contributed by atoms with van der Waals surface area (Å²) in [4.78, 5) is 2.13. The van der Waals surface area contributed by atoms with Crippen LogP contribution in [0.25, 0.3) is 0 Å². The van der Waals surface area contributed by atoms with Crippen LogP contribution in [0.1, 0.15) is 19.8 Å². The lowest BCUT2D eigenvalue weighted by molar-refractivity contribution is 0.141. The fourth-order valence-corrected chi connectivity index (χ4v) is 1.05. The van der Waals surface area contributed by atoms with Gasteiger partial charge < -0.3 is 10.0 Å². The normalized spacial score (nSPS) is 13.5. The molecule has 2 heteroatoms. The van der Waals surface area contributed by atoms with Crippen molar-refractivity contribution in [2.45, 2.75) is 25.9 Å². The van der Waals surface area contributed by atoms with Gasteiger partial charge in [-0.1, -0.05) is 6.08 Å². The van der Waals surface area contributed by atoms with Gasteiger partial charge >= 0.3 is 0 Å². The number of unbranched alkanes of at least 4 members (excludes halogenated alkanes) is 1. The van der Waals surface area contributed by atoms with E-state index in [9.17, 15) is 0 Å². The van der Waals surface area contributed by atoms with E-state index in [1.54, 1.807) is 0 Å². The quantitative estimate of drug-likeness (QED) is 0.463. The van der Waals surface area contributed by atoms with Crippen molar-refractivity contribution in [2.75, 3.05) is 20.1 Å². The highest BCUT2D eigenvalue weighted by Gasteiger charge is 2.00. The van der Waals surface area contributed by atoms with Crippen LogP contribution in [0.2, 0.25) is 0 Å². The highest BCUT2D eigenvalue weighted by molar-refractivity contribution is 4.67. The number of hydrogen-bond donors (Lipinski definition) is 1. The van der Waals surface area contributed by atoms with Gasteiger partial charge in [0.25, 0.3) is 0 Å². The average Bonchev–Trinajstić information content (AvgIpc) is 1.86. The van der Waals surface area contributed by atoms with Gasteiger partial charge in [-0.15, -0.1) is 6.58 Å². The maximum atomic E-state index is 9.02. The summed E-state index contributed by atoms with van der Waals surface area (Å²) in [5.41, 5.74) is 0. The lowest BCUT2D eigenvalue weighted by Gasteiger charge is -2.17. The molecule has 1 N–H and O–H groups in total. The molecule has 0 heterocycles. The minimum atomic E-state index is -0.219. The predicted molar refractivity (Wildman–Crippen MR) is 48.6 cm³/mol. The van der Waals surface area contributed by atoms with Crippen LogP contribution < -0.4 is 0 Å². The van der Waals surface area contributed by atoms with Crippen LogP contribution in [0, 0.1) is 0 Å². The van der Waals surface area contributed by atoms with Gasteiger partial charge in [-0.25, -0.2) is 0 Å². The summed E-state index contributed by atoms with van der Waals surface area (Å²) in [6.07, 6.45) is 3.90. The van der Waals surface area contributed by atoms with E-state index >= 15 is 0 Å². The second kappa shape index (κ2) is 6.38. The van der Waals surface area contributed by atoms with E-state index < -0.39 is 0 Å². The van der Waals surface area contributed by atoms with E-state index in [0.29, 0.717) is 0 Å². The molecule has 11 heavy (non-hydrogen) atoms. The maximum absolute atomic E-state index is 9.02. The molecule has 0 spiro atoms. The third-order valence-electron chi connectivity index (χ3n) is 1.52. The molecule has 0 saturated carbocycles. The number of aliphatic hydroxyl groups excluding tert-OH is 1. The Morgan fingerprint density at radius 3 is 2.73 bits per heavy atom.